The molecule has 0 spiro atoms. The van der Waals surface area contributed by atoms with Gasteiger partial charge in [-0.1, -0.05) is 0 Å². The Hall–Kier alpha value is -2.90. The van der Waals surface area contributed by atoms with Gasteiger partial charge in [-0.25, -0.2) is 14.3 Å². The predicted molar refractivity (Wildman–Crippen MR) is 87.8 cm³/mol. The van der Waals surface area contributed by atoms with Crippen LogP contribution in [0.2, 0.25) is 0 Å². The molecule has 2 aromatic rings. The molecule has 128 valence electrons. The van der Waals surface area contributed by atoms with Gasteiger partial charge in [0.05, 0.1) is 17.9 Å². The number of ketones is 1. The lowest BCUT2D eigenvalue weighted by atomic mass is 10.1. The van der Waals surface area contributed by atoms with Gasteiger partial charge in [0.25, 0.3) is 0 Å². The summed E-state index contributed by atoms with van der Waals surface area (Å²) in [5.41, 5.74) is 1.55. The average molecular weight is 332 g/mol. The van der Waals surface area contributed by atoms with Crippen molar-refractivity contribution in [2.75, 3.05) is 27.3 Å². The molecule has 0 atom stereocenters. The molecule has 0 amide bonds. The number of esters is 1. The van der Waals surface area contributed by atoms with E-state index in [1.165, 1.54) is 17.6 Å². The first kappa shape index (κ1) is 17.5. The normalized spacial score (nSPS) is 11.0. The van der Waals surface area contributed by atoms with E-state index in [9.17, 15) is 9.59 Å². The van der Waals surface area contributed by atoms with Crippen molar-refractivity contribution in [3.8, 4) is 5.88 Å². The highest BCUT2D eigenvalue weighted by Gasteiger charge is 2.14. The van der Waals surface area contributed by atoms with Crippen LogP contribution in [-0.4, -0.2) is 58.6 Å². The Morgan fingerprint density at radius 2 is 2.12 bits per heavy atom. The van der Waals surface area contributed by atoms with Crippen molar-refractivity contribution in [1.29, 1.82) is 0 Å². The van der Waals surface area contributed by atoms with E-state index in [4.69, 9.17) is 9.47 Å². The summed E-state index contributed by atoms with van der Waals surface area (Å²) in [5.74, 6) is -0.359. The van der Waals surface area contributed by atoms with Gasteiger partial charge in [0.15, 0.2) is 18.0 Å². The maximum absolute atomic E-state index is 11.8. The van der Waals surface area contributed by atoms with Gasteiger partial charge in [0.2, 0.25) is 5.88 Å². The van der Waals surface area contributed by atoms with E-state index in [1.54, 1.807) is 19.1 Å². The maximum atomic E-state index is 11.8. The Balaban J connectivity index is 2.38. The molecule has 8 heteroatoms. The summed E-state index contributed by atoms with van der Waals surface area (Å²) in [6, 6.07) is 1.59. The fourth-order valence-corrected chi connectivity index (χ4v) is 1.99. The quantitative estimate of drug-likeness (QED) is 0.559. The molecule has 0 saturated heterocycles. The lowest BCUT2D eigenvalue weighted by molar-refractivity contribution is -0.145. The zero-order valence-corrected chi connectivity index (χ0v) is 14.1. The standard InChI is InChI=1S/C16H20N4O4/c1-5-23-16(22)10-24-15-8-14-17-9-12(11(2)21)13(20(14)18-15)6-7-19(3)4/h6-9H,5,10H2,1-4H3/b7-6+. The van der Waals surface area contributed by atoms with Crippen LogP contribution in [0.4, 0.5) is 0 Å². The Bertz CT molecular complexity index is 780. The summed E-state index contributed by atoms with van der Waals surface area (Å²) < 4.78 is 11.6. The van der Waals surface area contributed by atoms with Crippen molar-refractivity contribution in [2.45, 2.75) is 13.8 Å². The molecule has 24 heavy (non-hydrogen) atoms. The average Bonchev–Trinajstić information content (AvgIpc) is 2.93. The summed E-state index contributed by atoms with van der Waals surface area (Å²) in [6.45, 7) is 3.24. The molecule has 0 bridgehead atoms. The van der Waals surface area contributed by atoms with Crippen LogP contribution >= 0.6 is 0 Å². The van der Waals surface area contributed by atoms with Crippen molar-refractivity contribution < 1.29 is 19.1 Å². The van der Waals surface area contributed by atoms with Crippen LogP contribution in [-0.2, 0) is 9.53 Å². The number of rotatable bonds is 7. The highest BCUT2D eigenvalue weighted by Crippen LogP contribution is 2.18. The highest BCUT2D eigenvalue weighted by atomic mass is 16.6. The third-order valence-corrected chi connectivity index (χ3v) is 3.05. The van der Waals surface area contributed by atoms with Crippen LogP contribution in [0.15, 0.2) is 18.5 Å². The largest absolute Gasteiger partial charge is 0.465 e. The number of fused-ring (bicyclic) bond motifs is 1. The van der Waals surface area contributed by atoms with Crippen molar-refractivity contribution in [3.05, 3.63) is 29.7 Å². The lowest BCUT2D eigenvalue weighted by Crippen LogP contribution is -2.14. The minimum atomic E-state index is -0.473. The number of aromatic nitrogens is 3. The van der Waals surface area contributed by atoms with E-state index in [2.05, 4.69) is 10.1 Å². The Morgan fingerprint density at radius 1 is 1.38 bits per heavy atom. The predicted octanol–water partition coefficient (Wildman–Crippen LogP) is 1.41. The number of carbonyl (C=O) groups is 2. The molecule has 2 rings (SSSR count). The van der Waals surface area contributed by atoms with Gasteiger partial charge in [-0.05, 0) is 19.9 Å². The molecule has 8 nitrogen and oxygen atoms in total. The summed E-state index contributed by atoms with van der Waals surface area (Å²) in [6.07, 6.45) is 5.08. The number of Topliss-reactive ketones (excluding diaryl/α,β-unsaturated/α-hetero) is 1. The highest BCUT2D eigenvalue weighted by molar-refractivity contribution is 5.97. The SMILES string of the molecule is CCOC(=O)COc1cc2ncc(C(C)=O)c(/C=C/N(C)C)n2n1. The molecule has 0 unspecified atom stereocenters. The van der Waals surface area contributed by atoms with E-state index in [1.807, 2.05) is 25.2 Å². The zero-order chi connectivity index (χ0) is 17.7. The summed E-state index contributed by atoms with van der Waals surface area (Å²) in [7, 11) is 3.75. The maximum Gasteiger partial charge on any atom is 0.344 e. The zero-order valence-electron chi connectivity index (χ0n) is 14.1. The summed E-state index contributed by atoms with van der Waals surface area (Å²) in [4.78, 5) is 29.2. The minimum Gasteiger partial charge on any atom is -0.465 e. The molecule has 0 N–H and O–H groups in total. The fraction of sp³-hybridized carbons (Fsp3) is 0.375. The number of hydrogen-bond donors (Lipinski definition) is 0. The minimum absolute atomic E-state index is 0.118. The van der Waals surface area contributed by atoms with Crippen LogP contribution in [0.5, 0.6) is 5.88 Å². The molecule has 0 aliphatic rings. The van der Waals surface area contributed by atoms with Crippen molar-refractivity contribution in [1.82, 2.24) is 19.5 Å². The molecular weight excluding hydrogens is 312 g/mol. The van der Waals surface area contributed by atoms with Crippen LogP contribution < -0.4 is 4.74 Å². The molecule has 0 aliphatic carbocycles. The molecule has 0 saturated carbocycles. The first-order valence-electron chi connectivity index (χ1n) is 7.45. The fourth-order valence-electron chi connectivity index (χ4n) is 1.99. The van der Waals surface area contributed by atoms with Gasteiger partial charge in [-0.2, -0.15) is 0 Å². The number of ether oxygens (including phenoxy) is 2. The van der Waals surface area contributed by atoms with Gasteiger partial charge in [-0.15, -0.1) is 5.10 Å². The number of nitrogens with zero attached hydrogens (tertiary/aromatic N) is 4. The van der Waals surface area contributed by atoms with E-state index < -0.39 is 5.97 Å². The van der Waals surface area contributed by atoms with E-state index >= 15 is 0 Å². The van der Waals surface area contributed by atoms with Gasteiger partial charge in [-0.3, -0.25) is 4.79 Å². The van der Waals surface area contributed by atoms with Gasteiger partial charge in [0, 0.05) is 32.6 Å². The molecule has 2 heterocycles. The van der Waals surface area contributed by atoms with Crippen LogP contribution in [0.25, 0.3) is 11.7 Å². The smallest absolute Gasteiger partial charge is 0.344 e. The van der Waals surface area contributed by atoms with Crippen molar-refractivity contribution in [3.63, 3.8) is 0 Å². The first-order valence-corrected chi connectivity index (χ1v) is 7.45. The van der Waals surface area contributed by atoms with E-state index in [-0.39, 0.29) is 24.9 Å². The second kappa shape index (κ2) is 7.58. The Labute approximate surface area is 139 Å². The van der Waals surface area contributed by atoms with Gasteiger partial charge < -0.3 is 14.4 Å². The van der Waals surface area contributed by atoms with Crippen molar-refractivity contribution in [2.24, 2.45) is 0 Å². The number of hydrogen-bond acceptors (Lipinski definition) is 7. The van der Waals surface area contributed by atoms with E-state index in [0.717, 1.165) is 0 Å². The van der Waals surface area contributed by atoms with Gasteiger partial charge in [0.1, 0.15) is 0 Å². The second-order valence-corrected chi connectivity index (χ2v) is 5.24. The summed E-state index contributed by atoms with van der Waals surface area (Å²) in [5, 5.41) is 4.27. The van der Waals surface area contributed by atoms with Crippen LogP contribution in [0, 0.1) is 0 Å². The molecule has 0 fully saturated rings. The first-order chi connectivity index (χ1) is 11.4. The Morgan fingerprint density at radius 3 is 2.75 bits per heavy atom. The van der Waals surface area contributed by atoms with Crippen LogP contribution in [0.3, 0.4) is 0 Å². The van der Waals surface area contributed by atoms with E-state index in [0.29, 0.717) is 16.9 Å². The van der Waals surface area contributed by atoms with Gasteiger partial charge >= 0.3 is 5.97 Å². The Kier molecular flexibility index (Phi) is 5.51. The molecule has 0 radical (unpaired) electrons. The molecule has 0 aliphatic heterocycles. The molecule has 2 aromatic heterocycles. The molecular formula is C16H20N4O4. The third-order valence-electron chi connectivity index (χ3n) is 3.05. The summed E-state index contributed by atoms with van der Waals surface area (Å²) >= 11 is 0. The number of carbonyl (C=O) groups excluding carboxylic acids is 2. The third kappa shape index (κ3) is 4.09. The monoisotopic (exact) mass is 332 g/mol. The lowest BCUT2D eigenvalue weighted by Gasteiger charge is -2.07. The van der Waals surface area contributed by atoms with Crippen LogP contribution in [0.1, 0.15) is 29.9 Å². The topological polar surface area (TPSA) is 86.0 Å². The van der Waals surface area contributed by atoms with Crippen molar-refractivity contribution >= 4 is 23.5 Å². The second-order valence-electron chi connectivity index (χ2n) is 5.24. The molecule has 0 aromatic carbocycles.